The van der Waals surface area contributed by atoms with Crippen LogP contribution in [0.25, 0.3) is 0 Å². The van der Waals surface area contributed by atoms with E-state index in [9.17, 15) is 4.79 Å². The van der Waals surface area contributed by atoms with Crippen molar-refractivity contribution in [2.45, 2.75) is 6.42 Å². The minimum absolute atomic E-state index is 0. The summed E-state index contributed by atoms with van der Waals surface area (Å²) < 4.78 is 5.37. The summed E-state index contributed by atoms with van der Waals surface area (Å²) in [5.74, 6) is 3.13. The molecule has 1 saturated heterocycles. The molecule has 0 aromatic heterocycles. The number of likely N-dealkylation sites (N-methyl/N-ethyl adjacent to an activating group) is 1. The van der Waals surface area contributed by atoms with Crippen molar-refractivity contribution < 1.29 is 9.53 Å². The van der Waals surface area contributed by atoms with Crippen molar-refractivity contribution in [3.63, 3.8) is 0 Å². The van der Waals surface area contributed by atoms with Crippen molar-refractivity contribution in [3.8, 4) is 0 Å². The van der Waals surface area contributed by atoms with Crippen LogP contribution in [0.3, 0.4) is 0 Å². The molecule has 1 fully saturated rings. The molecule has 1 amide bonds. The maximum Gasteiger partial charge on any atom is 0.243 e. The van der Waals surface area contributed by atoms with Crippen molar-refractivity contribution in [3.05, 3.63) is 12.7 Å². The maximum atomic E-state index is 11.7. The van der Waals surface area contributed by atoms with E-state index in [0.29, 0.717) is 11.9 Å². The Bertz CT molecular complexity index is 374. The molecule has 23 heavy (non-hydrogen) atoms. The highest BCUT2D eigenvalue weighted by Gasteiger charge is 2.15. The van der Waals surface area contributed by atoms with Gasteiger partial charge >= 0.3 is 0 Å². The fourth-order valence-electron chi connectivity index (χ4n) is 1.86. The predicted molar refractivity (Wildman–Crippen MR) is 109 cm³/mol. The Kier molecular flexibility index (Phi) is 13.6. The summed E-state index contributed by atoms with van der Waals surface area (Å²) in [6.45, 7) is 7.12. The molecule has 0 bridgehead atoms. The lowest BCUT2D eigenvalue weighted by molar-refractivity contribution is -0.127. The van der Waals surface area contributed by atoms with Crippen LogP contribution in [0.2, 0.25) is 0 Å². The van der Waals surface area contributed by atoms with Gasteiger partial charge in [0.15, 0.2) is 5.96 Å². The van der Waals surface area contributed by atoms with Crippen LogP contribution in [0.15, 0.2) is 17.6 Å². The van der Waals surface area contributed by atoms with Crippen LogP contribution >= 0.6 is 35.7 Å². The van der Waals surface area contributed by atoms with Crippen molar-refractivity contribution >= 4 is 47.6 Å². The van der Waals surface area contributed by atoms with E-state index in [2.05, 4.69) is 22.2 Å². The largest absolute Gasteiger partial charge is 0.381 e. The second kappa shape index (κ2) is 13.9. The van der Waals surface area contributed by atoms with Gasteiger partial charge in [0, 0.05) is 51.2 Å². The number of guanidine groups is 1. The molecule has 0 aliphatic carbocycles. The van der Waals surface area contributed by atoms with Gasteiger partial charge in [-0.25, -0.2) is 4.99 Å². The van der Waals surface area contributed by atoms with E-state index in [0.717, 1.165) is 44.2 Å². The highest BCUT2D eigenvalue weighted by Crippen LogP contribution is 2.10. The van der Waals surface area contributed by atoms with Gasteiger partial charge in [-0.05, 0) is 6.42 Å². The Morgan fingerprint density at radius 2 is 2.26 bits per heavy atom. The molecule has 0 saturated carbocycles. The Labute approximate surface area is 160 Å². The van der Waals surface area contributed by atoms with Gasteiger partial charge in [0.05, 0.1) is 6.61 Å². The van der Waals surface area contributed by atoms with Crippen LogP contribution < -0.4 is 10.6 Å². The first kappa shape index (κ1) is 22.5. The number of nitrogens with one attached hydrogen (secondary N) is 2. The van der Waals surface area contributed by atoms with Crippen LogP contribution in [0.5, 0.6) is 0 Å². The minimum Gasteiger partial charge on any atom is -0.381 e. The van der Waals surface area contributed by atoms with Crippen molar-refractivity contribution in [2.24, 2.45) is 10.9 Å². The number of rotatable bonds is 9. The molecule has 1 rings (SSSR count). The fraction of sp³-hybridized carbons (Fsp3) is 0.733. The highest BCUT2D eigenvalue weighted by atomic mass is 127. The average molecular weight is 456 g/mol. The number of hydrogen-bond acceptors (Lipinski definition) is 4. The number of thioether (sulfide) groups is 1. The minimum atomic E-state index is -0.00803. The predicted octanol–water partition coefficient (Wildman–Crippen LogP) is 1.18. The molecule has 1 aliphatic heterocycles. The van der Waals surface area contributed by atoms with E-state index in [1.807, 2.05) is 17.8 Å². The third-order valence-corrected chi connectivity index (χ3v) is 4.19. The van der Waals surface area contributed by atoms with Gasteiger partial charge in [0.1, 0.15) is 6.54 Å². The van der Waals surface area contributed by atoms with E-state index >= 15 is 0 Å². The Hall–Kier alpha value is -0.480. The molecule has 1 heterocycles. The van der Waals surface area contributed by atoms with Crippen LogP contribution in [0, 0.1) is 5.92 Å². The lowest BCUT2D eigenvalue weighted by Crippen LogP contribution is -2.41. The number of nitrogens with zero attached hydrogens (tertiary/aromatic N) is 2. The standard InChI is InChI=1S/C15H28N4O2S.HI/c1-4-8-22-9-6-16-15(18-11-14(20)19(2)3)17-10-13-5-7-21-12-13;/h4,13H,1,5-12H2,2-3H3,(H2,16,17,18);1H. The van der Waals surface area contributed by atoms with Gasteiger partial charge in [0.2, 0.25) is 5.91 Å². The van der Waals surface area contributed by atoms with E-state index < -0.39 is 0 Å². The van der Waals surface area contributed by atoms with Crippen molar-refractivity contribution in [2.75, 3.05) is 58.4 Å². The normalized spacial score (nSPS) is 17.3. The van der Waals surface area contributed by atoms with Crippen molar-refractivity contribution in [1.29, 1.82) is 0 Å². The molecule has 0 aromatic rings. The van der Waals surface area contributed by atoms with Crippen LogP contribution in [-0.2, 0) is 9.53 Å². The Balaban J connectivity index is 0.00000484. The van der Waals surface area contributed by atoms with E-state index in [1.165, 1.54) is 0 Å². The van der Waals surface area contributed by atoms with Gasteiger partial charge in [-0.2, -0.15) is 11.8 Å². The molecule has 1 unspecified atom stereocenters. The number of aliphatic imine (C=N–C) groups is 1. The van der Waals surface area contributed by atoms with Gasteiger partial charge in [0.25, 0.3) is 0 Å². The zero-order chi connectivity index (χ0) is 16.2. The number of carbonyl (C=O) groups is 1. The van der Waals surface area contributed by atoms with E-state index in [4.69, 9.17) is 4.74 Å². The first-order valence-electron chi connectivity index (χ1n) is 7.62. The summed E-state index contributed by atoms with van der Waals surface area (Å²) in [7, 11) is 3.47. The summed E-state index contributed by atoms with van der Waals surface area (Å²) in [4.78, 5) is 17.6. The molecule has 1 atom stereocenters. The fourth-order valence-corrected chi connectivity index (χ4v) is 2.44. The first-order valence-corrected chi connectivity index (χ1v) is 8.77. The summed E-state index contributed by atoms with van der Waals surface area (Å²) in [6.07, 6.45) is 2.97. The SMILES string of the molecule is C=CCSCCNC(=NCC(=O)N(C)C)NCC1CCOC1.I. The lowest BCUT2D eigenvalue weighted by Gasteiger charge is -2.15. The topological polar surface area (TPSA) is 66.0 Å². The van der Waals surface area contributed by atoms with Crippen molar-refractivity contribution in [1.82, 2.24) is 15.5 Å². The van der Waals surface area contributed by atoms with E-state index in [1.54, 1.807) is 19.0 Å². The quantitative estimate of drug-likeness (QED) is 0.179. The maximum absolute atomic E-state index is 11.7. The van der Waals surface area contributed by atoms with Crippen LogP contribution in [0.4, 0.5) is 0 Å². The van der Waals surface area contributed by atoms with Gasteiger partial charge in [-0.15, -0.1) is 30.6 Å². The second-order valence-corrected chi connectivity index (χ2v) is 6.50. The van der Waals surface area contributed by atoms with Gasteiger partial charge in [-0.1, -0.05) is 6.08 Å². The molecular formula is C15H29IN4O2S. The van der Waals surface area contributed by atoms with E-state index in [-0.39, 0.29) is 36.4 Å². The molecule has 1 aliphatic rings. The summed E-state index contributed by atoms with van der Waals surface area (Å²) in [5.41, 5.74) is 0. The first-order chi connectivity index (χ1) is 10.6. The second-order valence-electron chi connectivity index (χ2n) is 5.35. The Morgan fingerprint density at radius 3 is 2.87 bits per heavy atom. The highest BCUT2D eigenvalue weighted by molar-refractivity contribution is 14.0. The molecule has 8 heteroatoms. The molecule has 134 valence electrons. The number of halogens is 1. The summed E-state index contributed by atoms with van der Waals surface area (Å²) in [5, 5.41) is 6.57. The molecule has 0 radical (unpaired) electrons. The summed E-state index contributed by atoms with van der Waals surface area (Å²) in [6, 6.07) is 0. The molecule has 0 spiro atoms. The lowest BCUT2D eigenvalue weighted by atomic mass is 10.1. The third kappa shape index (κ3) is 10.8. The molecule has 0 aromatic carbocycles. The number of carbonyl (C=O) groups excluding carboxylic acids is 1. The molecule has 6 nitrogen and oxygen atoms in total. The average Bonchev–Trinajstić information content (AvgIpc) is 3.01. The smallest absolute Gasteiger partial charge is 0.243 e. The van der Waals surface area contributed by atoms with Gasteiger partial charge < -0.3 is 20.3 Å². The molecule has 2 N–H and O–H groups in total. The van der Waals surface area contributed by atoms with Crippen LogP contribution in [-0.4, -0.2) is 75.2 Å². The number of ether oxygens (including phenoxy) is 1. The zero-order valence-corrected chi connectivity index (χ0v) is 17.2. The Morgan fingerprint density at radius 1 is 1.48 bits per heavy atom. The van der Waals surface area contributed by atoms with Gasteiger partial charge in [-0.3, -0.25) is 4.79 Å². The summed E-state index contributed by atoms with van der Waals surface area (Å²) >= 11 is 1.81. The molecular weight excluding hydrogens is 427 g/mol. The van der Waals surface area contributed by atoms with Crippen LogP contribution in [0.1, 0.15) is 6.42 Å². The monoisotopic (exact) mass is 456 g/mol. The number of amides is 1. The zero-order valence-electron chi connectivity index (χ0n) is 14.0. The number of hydrogen-bond donors (Lipinski definition) is 2. The third-order valence-electron chi connectivity index (χ3n) is 3.23.